The molecule has 1 N–H and O–H groups in total. The van der Waals surface area contributed by atoms with Gasteiger partial charge in [-0.1, -0.05) is 50.6 Å². The molecule has 0 fully saturated rings. The van der Waals surface area contributed by atoms with Gasteiger partial charge in [-0.2, -0.15) is 0 Å². The molecule has 0 aliphatic heterocycles. The molecule has 8 nitrogen and oxygen atoms in total. The molecular weight excluding hydrogens is 388 g/mol. The van der Waals surface area contributed by atoms with Gasteiger partial charge in [0.1, 0.15) is 11.4 Å². The number of hydrogen-bond acceptors (Lipinski definition) is 6. The predicted molar refractivity (Wildman–Crippen MR) is 112 cm³/mol. The number of nitrogens with one attached hydrogen (secondary N) is 1. The topological polar surface area (TPSA) is 108 Å². The molecule has 0 bridgehead atoms. The summed E-state index contributed by atoms with van der Waals surface area (Å²) in [4.78, 5) is 36.0. The molecule has 0 saturated carbocycles. The average molecular weight is 414 g/mol. The van der Waals surface area contributed by atoms with Gasteiger partial charge in [0.05, 0.1) is 24.0 Å². The van der Waals surface area contributed by atoms with E-state index < -0.39 is 28.8 Å². The minimum absolute atomic E-state index is 0.00441. The van der Waals surface area contributed by atoms with Crippen LogP contribution in [0.2, 0.25) is 0 Å². The molecular formula is C22H26N2O6. The number of nitro benzene ring substituents is 1. The summed E-state index contributed by atoms with van der Waals surface area (Å²) in [6.45, 7) is 5.36. The third-order valence-electron chi connectivity index (χ3n) is 4.95. The number of esters is 1. The Labute approximate surface area is 175 Å². The molecule has 30 heavy (non-hydrogen) atoms. The molecule has 160 valence electrons. The van der Waals surface area contributed by atoms with Crippen LogP contribution in [0.3, 0.4) is 0 Å². The van der Waals surface area contributed by atoms with Crippen molar-refractivity contribution in [3.05, 3.63) is 64.2 Å². The zero-order chi connectivity index (χ0) is 22.3. The van der Waals surface area contributed by atoms with Crippen LogP contribution in [0, 0.1) is 16.0 Å². The molecule has 2 aromatic rings. The van der Waals surface area contributed by atoms with Crippen molar-refractivity contribution in [2.45, 2.75) is 39.2 Å². The van der Waals surface area contributed by atoms with E-state index in [1.807, 2.05) is 44.2 Å². The van der Waals surface area contributed by atoms with Gasteiger partial charge in [-0.25, -0.2) is 0 Å². The molecule has 1 amide bonds. The highest BCUT2D eigenvalue weighted by Gasteiger charge is 2.30. The lowest BCUT2D eigenvalue weighted by Gasteiger charge is -2.23. The lowest BCUT2D eigenvalue weighted by molar-refractivity contribution is -0.384. The molecule has 0 spiro atoms. The van der Waals surface area contributed by atoms with Gasteiger partial charge in [-0.05, 0) is 30.5 Å². The zero-order valence-corrected chi connectivity index (χ0v) is 17.5. The number of nitro groups is 1. The summed E-state index contributed by atoms with van der Waals surface area (Å²) in [5, 5.41) is 13.7. The van der Waals surface area contributed by atoms with E-state index in [2.05, 4.69) is 5.32 Å². The number of nitrogens with zero attached hydrogens (tertiary/aromatic N) is 1. The Balaban J connectivity index is 2.14. The molecule has 0 radical (unpaired) electrons. The fourth-order valence-corrected chi connectivity index (χ4v) is 3.02. The first-order chi connectivity index (χ1) is 14.3. The van der Waals surface area contributed by atoms with Crippen molar-refractivity contribution in [2.24, 2.45) is 5.92 Å². The number of carbonyl (C=O) groups is 2. The number of hydrogen-bond donors (Lipinski definition) is 1. The molecule has 2 rings (SSSR count). The van der Waals surface area contributed by atoms with Gasteiger partial charge in [0.25, 0.3) is 11.6 Å². The Morgan fingerprint density at radius 3 is 2.37 bits per heavy atom. The fourth-order valence-electron chi connectivity index (χ4n) is 3.02. The monoisotopic (exact) mass is 414 g/mol. The first-order valence-electron chi connectivity index (χ1n) is 9.67. The third-order valence-corrected chi connectivity index (χ3v) is 4.95. The number of benzene rings is 2. The maximum Gasteiger partial charge on any atom is 0.314 e. The van der Waals surface area contributed by atoms with Crippen LogP contribution in [0.25, 0.3) is 0 Å². The van der Waals surface area contributed by atoms with Crippen molar-refractivity contribution in [3.63, 3.8) is 0 Å². The molecule has 0 aromatic heterocycles. The highest BCUT2D eigenvalue weighted by molar-refractivity contribution is 5.97. The molecule has 0 heterocycles. The standard InChI is InChI=1S/C22H26N2O6/c1-5-14(2)20(16-9-7-6-8-10-16)22(26)30-15(3)21(25)23-18-12-11-17(29-4)13-19(18)24(27)28/h6-15,20H,5H2,1-4H3,(H,23,25)/t14-,15+,20-/m1/s1. The van der Waals surface area contributed by atoms with E-state index in [0.717, 1.165) is 12.0 Å². The highest BCUT2D eigenvalue weighted by atomic mass is 16.6. The second-order valence-corrected chi connectivity index (χ2v) is 6.98. The number of amides is 1. The van der Waals surface area contributed by atoms with E-state index in [1.165, 1.54) is 32.2 Å². The second-order valence-electron chi connectivity index (χ2n) is 6.98. The maximum absolute atomic E-state index is 12.8. The Bertz CT molecular complexity index is 900. The largest absolute Gasteiger partial charge is 0.496 e. The number of ether oxygens (including phenoxy) is 2. The van der Waals surface area contributed by atoms with Gasteiger partial charge in [-0.3, -0.25) is 19.7 Å². The summed E-state index contributed by atoms with van der Waals surface area (Å²) in [7, 11) is 1.39. The van der Waals surface area contributed by atoms with E-state index in [9.17, 15) is 19.7 Å². The Kier molecular flexibility index (Phi) is 7.91. The van der Waals surface area contributed by atoms with Crippen molar-refractivity contribution >= 4 is 23.3 Å². The summed E-state index contributed by atoms with van der Waals surface area (Å²) >= 11 is 0. The van der Waals surface area contributed by atoms with Crippen molar-refractivity contribution in [2.75, 3.05) is 12.4 Å². The third kappa shape index (κ3) is 5.56. The number of rotatable bonds is 9. The summed E-state index contributed by atoms with van der Waals surface area (Å²) in [5.74, 6) is -1.38. The number of anilines is 1. The van der Waals surface area contributed by atoms with Crippen LogP contribution < -0.4 is 10.1 Å². The van der Waals surface area contributed by atoms with E-state index in [1.54, 1.807) is 0 Å². The second kappa shape index (κ2) is 10.4. The van der Waals surface area contributed by atoms with Gasteiger partial charge < -0.3 is 14.8 Å². The summed E-state index contributed by atoms with van der Waals surface area (Å²) in [6.07, 6.45) is -0.373. The van der Waals surface area contributed by atoms with Gasteiger partial charge >= 0.3 is 5.97 Å². The minimum atomic E-state index is -1.13. The van der Waals surface area contributed by atoms with Crippen LogP contribution in [0.5, 0.6) is 5.75 Å². The smallest absolute Gasteiger partial charge is 0.314 e. The summed E-state index contributed by atoms with van der Waals surface area (Å²) in [6, 6.07) is 13.3. The van der Waals surface area contributed by atoms with Crippen LogP contribution in [0.1, 0.15) is 38.7 Å². The molecule has 0 aliphatic rings. The van der Waals surface area contributed by atoms with Crippen LogP contribution in [0.15, 0.2) is 48.5 Å². The maximum atomic E-state index is 12.8. The summed E-state index contributed by atoms with van der Waals surface area (Å²) < 4.78 is 10.4. The molecule has 0 unspecified atom stereocenters. The Morgan fingerprint density at radius 1 is 1.13 bits per heavy atom. The van der Waals surface area contributed by atoms with Crippen LogP contribution >= 0.6 is 0 Å². The molecule has 2 aromatic carbocycles. The van der Waals surface area contributed by atoms with Crippen molar-refractivity contribution < 1.29 is 24.0 Å². The van der Waals surface area contributed by atoms with Gasteiger partial charge in [-0.15, -0.1) is 0 Å². The first kappa shape index (κ1) is 22.9. The van der Waals surface area contributed by atoms with E-state index in [-0.39, 0.29) is 17.3 Å². The average Bonchev–Trinajstić information content (AvgIpc) is 2.74. The van der Waals surface area contributed by atoms with Crippen LogP contribution in [-0.4, -0.2) is 30.0 Å². The first-order valence-corrected chi connectivity index (χ1v) is 9.67. The predicted octanol–water partition coefficient (Wildman–Crippen LogP) is 4.30. The van der Waals surface area contributed by atoms with E-state index in [4.69, 9.17) is 9.47 Å². The quantitative estimate of drug-likeness (QED) is 0.372. The van der Waals surface area contributed by atoms with Crippen LogP contribution in [0.4, 0.5) is 11.4 Å². The number of methoxy groups -OCH3 is 1. The van der Waals surface area contributed by atoms with E-state index >= 15 is 0 Å². The lowest BCUT2D eigenvalue weighted by atomic mass is 9.85. The zero-order valence-electron chi connectivity index (χ0n) is 17.5. The number of carbonyl (C=O) groups excluding carboxylic acids is 2. The molecule has 3 atom stereocenters. The van der Waals surface area contributed by atoms with Crippen molar-refractivity contribution in [1.82, 2.24) is 0 Å². The van der Waals surface area contributed by atoms with Gasteiger partial charge in [0, 0.05) is 0 Å². The Morgan fingerprint density at radius 2 is 1.80 bits per heavy atom. The fraction of sp³-hybridized carbons (Fsp3) is 0.364. The SMILES string of the molecule is CC[C@@H](C)[C@@H](C(=O)O[C@@H](C)C(=O)Nc1ccc(OC)cc1[N+](=O)[O-])c1ccccc1. The van der Waals surface area contributed by atoms with Gasteiger partial charge in [0.15, 0.2) is 6.10 Å². The molecule has 0 saturated heterocycles. The molecule has 0 aliphatic carbocycles. The van der Waals surface area contributed by atoms with Crippen molar-refractivity contribution in [3.8, 4) is 5.75 Å². The minimum Gasteiger partial charge on any atom is -0.496 e. The highest BCUT2D eigenvalue weighted by Crippen LogP contribution is 2.30. The normalized spacial score (nSPS) is 13.6. The molecule has 8 heteroatoms. The van der Waals surface area contributed by atoms with Crippen molar-refractivity contribution in [1.29, 1.82) is 0 Å². The van der Waals surface area contributed by atoms with Gasteiger partial charge in [0.2, 0.25) is 0 Å². The van der Waals surface area contributed by atoms with Crippen LogP contribution in [-0.2, 0) is 14.3 Å². The Hall–Kier alpha value is -3.42. The lowest BCUT2D eigenvalue weighted by Crippen LogP contribution is -2.33. The summed E-state index contributed by atoms with van der Waals surface area (Å²) in [5.41, 5.74) is 0.494. The van der Waals surface area contributed by atoms with E-state index in [0.29, 0.717) is 5.75 Å².